The molecule has 1 aromatic carbocycles. The molecule has 0 fully saturated rings. The summed E-state index contributed by atoms with van der Waals surface area (Å²) in [6, 6.07) is 1.46. The summed E-state index contributed by atoms with van der Waals surface area (Å²) in [5.74, 6) is -0.479. The fraction of sp³-hybridized carbons (Fsp3) is 0.481. The van der Waals surface area contributed by atoms with Gasteiger partial charge in [-0.1, -0.05) is 13.0 Å². The highest BCUT2D eigenvalue weighted by Gasteiger charge is 2.31. The number of imide groups is 1. The lowest BCUT2D eigenvalue weighted by molar-refractivity contribution is -0.141. The summed E-state index contributed by atoms with van der Waals surface area (Å²) >= 11 is 0. The van der Waals surface area contributed by atoms with Crippen molar-refractivity contribution in [3.63, 3.8) is 0 Å². The van der Waals surface area contributed by atoms with Gasteiger partial charge in [0, 0.05) is 30.4 Å². The Labute approximate surface area is 222 Å². The summed E-state index contributed by atoms with van der Waals surface area (Å²) in [5, 5.41) is 6.91. The van der Waals surface area contributed by atoms with Crippen LogP contribution in [-0.4, -0.2) is 47.5 Å². The normalized spacial score (nSPS) is 16.7. The molecule has 0 unspecified atom stereocenters. The number of urea groups is 1. The van der Waals surface area contributed by atoms with Gasteiger partial charge in [-0.3, -0.25) is 19.2 Å². The van der Waals surface area contributed by atoms with Gasteiger partial charge >= 0.3 is 6.03 Å². The lowest BCUT2D eigenvalue weighted by atomic mass is 9.99. The topological polar surface area (TPSA) is 130 Å². The Morgan fingerprint density at radius 1 is 1.08 bits per heavy atom. The summed E-state index contributed by atoms with van der Waals surface area (Å²) in [6.45, 7) is 4.38. The number of carbonyl (C=O) groups is 3. The Bertz CT molecular complexity index is 1420. The molecule has 1 aromatic heterocycles. The maximum atomic E-state index is 12.9. The Morgan fingerprint density at radius 2 is 1.76 bits per heavy atom. The molecule has 0 saturated heterocycles. The average molecular weight is 540 g/mol. The van der Waals surface area contributed by atoms with E-state index in [0.29, 0.717) is 31.5 Å². The first kappa shape index (κ1) is 26.1. The molecule has 38 heavy (non-hydrogen) atoms. The van der Waals surface area contributed by atoms with Crippen molar-refractivity contribution in [1.29, 1.82) is 0 Å². The number of sulfonamides is 1. The quantitative estimate of drug-likeness (QED) is 0.530. The highest BCUT2D eigenvalue weighted by molar-refractivity contribution is 7.90. The number of carbonyl (C=O) groups excluding carboxylic acids is 3. The number of benzene rings is 1. The van der Waals surface area contributed by atoms with Crippen LogP contribution in [-0.2, 0) is 51.8 Å². The number of nitrogens with one attached hydrogen (secondary N) is 2. The number of amides is 4. The van der Waals surface area contributed by atoms with E-state index in [2.05, 4.69) is 21.2 Å². The zero-order valence-electron chi connectivity index (χ0n) is 21.8. The van der Waals surface area contributed by atoms with Crippen LogP contribution >= 0.6 is 0 Å². The third-order valence-corrected chi connectivity index (χ3v) is 8.99. The van der Waals surface area contributed by atoms with E-state index in [9.17, 15) is 22.8 Å². The molecule has 2 aromatic rings. The van der Waals surface area contributed by atoms with Crippen molar-refractivity contribution in [2.24, 2.45) is 0 Å². The lowest BCUT2D eigenvalue weighted by Gasteiger charge is -2.16. The molecular formula is C27H33N5O5S. The Kier molecular flexibility index (Phi) is 7.13. The number of fused-ring (bicyclic) bond motifs is 2. The van der Waals surface area contributed by atoms with Crippen LogP contribution in [0.3, 0.4) is 0 Å². The highest BCUT2D eigenvalue weighted by atomic mass is 32.2. The van der Waals surface area contributed by atoms with Crippen LogP contribution in [0.4, 0.5) is 10.5 Å². The van der Waals surface area contributed by atoms with Crippen LogP contribution in [0.1, 0.15) is 68.2 Å². The Balaban J connectivity index is 1.17. The molecular weight excluding hydrogens is 506 g/mol. The van der Waals surface area contributed by atoms with Gasteiger partial charge in [-0.15, -0.1) is 0 Å². The Hall–Kier alpha value is -3.47. The minimum atomic E-state index is -4.13. The monoisotopic (exact) mass is 539 g/mol. The van der Waals surface area contributed by atoms with E-state index in [-0.39, 0.29) is 23.1 Å². The smallest absolute Gasteiger partial charge is 0.307 e. The molecule has 0 atom stereocenters. The summed E-state index contributed by atoms with van der Waals surface area (Å²) in [7, 11) is -4.13. The van der Waals surface area contributed by atoms with Gasteiger partial charge in [0.05, 0.1) is 12.7 Å². The van der Waals surface area contributed by atoms with Crippen LogP contribution in [0.5, 0.6) is 0 Å². The zero-order valence-corrected chi connectivity index (χ0v) is 22.6. The van der Waals surface area contributed by atoms with E-state index in [4.69, 9.17) is 0 Å². The molecule has 2 aliphatic carbocycles. The van der Waals surface area contributed by atoms with Gasteiger partial charge in [0.15, 0.2) is 0 Å². The van der Waals surface area contributed by atoms with Gasteiger partial charge in [-0.25, -0.2) is 17.9 Å². The molecule has 10 nitrogen and oxygen atoms in total. The third-order valence-electron chi connectivity index (χ3n) is 7.70. The second-order valence-electron chi connectivity index (χ2n) is 10.2. The van der Waals surface area contributed by atoms with E-state index in [1.165, 1.54) is 33.1 Å². The first-order valence-electron chi connectivity index (χ1n) is 13.2. The predicted octanol–water partition coefficient (Wildman–Crippen LogP) is 3.25. The number of hydrogen-bond donors (Lipinski definition) is 2. The summed E-state index contributed by atoms with van der Waals surface area (Å²) in [5.41, 5.74) is 7.11. The van der Waals surface area contributed by atoms with Gasteiger partial charge in [0.1, 0.15) is 4.90 Å². The fourth-order valence-corrected chi connectivity index (χ4v) is 6.68. The predicted molar refractivity (Wildman–Crippen MR) is 141 cm³/mol. The maximum absolute atomic E-state index is 12.9. The minimum absolute atomic E-state index is 0.135. The molecule has 202 valence electrons. The number of hydrogen-bond acceptors (Lipinski definition) is 6. The average Bonchev–Trinajstić information content (AvgIpc) is 3.65. The summed E-state index contributed by atoms with van der Waals surface area (Å²) in [4.78, 5) is 38.8. The maximum Gasteiger partial charge on any atom is 0.333 e. The number of rotatable bonds is 8. The molecule has 0 spiro atoms. The van der Waals surface area contributed by atoms with Crippen molar-refractivity contribution >= 4 is 33.6 Å². The molecule has 2 heterocycles. The molecule has 11 heteroatoms. The van der Waals surface area contributed by atoms with E-state index in [0.717, 1.165) is 60.9 Å². The van der Waals surface area contributed by atoms with E-state index in [1.54, 1.807) is 0 Å². The molecule has 2 N–H and O–H groups in total. The first-order chi connectivity index (χ1) is 18.2. The number of aromatic nitrogens is 2. The van der Waals surface area contributed by atoms with Crippen LogP contribution in [0.15, 0.2) is 34.5 Å². The molecule has 0 saturated carbocycles. The minimum Gasteiger partial charge on any atom is -0.307 e. The molecule has 1 aliphatic heterocycles. The van der Waals surface area contributed by atoms with Crippen LogP contribution in [0.2, 0.25) is 0 Å². The van der Waals surface area contributed by atoms with Crippen molar-refractivity contribution in [2.75, 3.05) is 11.9 Å². The molecule has 3 aliphatic rings. The van der Waals surface area contributed by atoms with Crippen molar-refractivity contribution in [2.45, 2.75) is 83.1 Å². The van der Waals surface area contributed by atoms with Crippen LogP contribution < -0.4 is 10.0 Å². The van der Waals surface area contributed by atoms with E-state index < -0.39 is 16.1 Å². The van der Waals surface area contributed by atoms with Gasteiger partial charge in [-0.05, 0) is 86.1 Å². The molecule has 0 bridgehead atoms. The third kappa shape index (κ3) is 4.99. The zero-order chi connectivity index (χ0) is 27.0. The fourth-order valence-electron chi connectivity index (χ4n) is 5.82. The molecule has 5 rings (SSSR count). The lowest BCUT2D eigenvalue weighted by Crippen LogP contribution is -2.34. The van der Waals surface area contributed by atoms with Crippen molar-refractivity contribution < 1.29 is 22.8 Å². The SMILES string of the molecule is CCC1=C(C)CN(C(=O)CCCn2cc(S(=O)(=O)NC(=O)Nc3c4c(cc5c3CCC5)CCC4)cn2)C1=O. The van der Waals surface area contributed by atoms with E-state index >= 15 is 0 Å². The van der Waals surface area contributed by atoms with Gasteiger partial charge in [0.25, 0.3) is 15.9 Å². The first-order valence-corrected chi connectivity index (χ1v) is 14.7. The second kappa shape index (κ2) is 10.4. The Morgan fingerprint density at radius 3 is 2.39 bits per heavy atom. The number of aryl methyl sites for hydroxylation is 3. The van der Waals surface area contributed by atoms with Gasteiger partial charge < -0.3 is 5.32 Å². The van der Waals surface area contributed by atoms with Crippen molar-refractivity contribution in [3.05, 3.63) is 51.9 Å². The summed E-state index contributed by atoms with van der Waals surface area (Å²) < 4.78 is 29.3. The van der Waals surface area contributed by atoms with E-state index in [1.807, 2.05) is 13.8 Å². The van der Waals surface area contributed by atoms with Gasteiger partial charge in [-0.2, -0.15) is 5.10 Å². The van der Waals surface area contributed by atoms with Crippen LogP contribution in [0, 0.1) is 0 Å². The number of anilines is 1. The second-order valence-corrected chi connectivity index (χ2v) is 11.9. The highest BCUT2D eigenvalue weighted by Crippen LogP contribution is 2.38. The standard InChI is InChI=1S/C27H33N5O5S/c1-3-21-17(2)15-32(26(21)34)24(33)11-6-12-31-16-20(14-28-31)38(36,37)30-27(35)29-25-22-9-4-7-18(22)13-19-8-5-10-23(19)25/h13-14,16H,3-12,15H2,1-2H3,(H2,29,30,35). The van der Waals surface area contributed by atoms with Crippen molar-refractivity contribution in [1.82, 2.24) is 19.4 Å². The largest absolute Gasteiger partial charge is 0.333 e. The van der Waals surface area contributed by atoms with Crippen molar-refractivity contribution in [3.8, 4) is 0 Å². The summed E-state index contributed by atoms with van der Waals surface area (Å²) in [6.07, 6.45) is 9.42. The molecule has 4 amide bonds. The van der Waals surface area contributed by atoms with Crippen LogP contribution in [0.25, 0.3) is 0 Å². The molecule has 0 radical (unpaired) electrons. The number of nitrogens with zero attached hydrogens (tertiary/aromatic N) is 3. The van der Waals surface area contributed by atoms with Gasteiger partial charge in [0.2, 0.25) is 5.91 Å².